The second-order valence-corrected chi connectivity index (χ2v) is 4.23. The molecule has 1 saturated carbocycles. The number of nitrogens with two attached hydrogens (primary N) is 1. The first-order valence-corrected chi connectivity index (χ1v) is 5.64. The lowest BCUT2D eigenvalue weighted by Crippen LogP contribution is -2.25. The van der Waals surface area contributed by atoms with E-state index in [4.69, 9.17) is 10.5 Å². The molecule has 3 rings (SSSR count). The van der Waals surface area contributed by atoms with Gasteiger partial charge in [0.1, 0.15) is 0 Å². The smallest absolute Gasteiger partial charge is 0.153 e. The van der Waals surface area contributed by atoms with Crippen molar-refractivity contribution in [2.45, 2.75) is 25.4 Å². The number of nitrogen functional groups attached to an aromatic ring is 1. The highest BCUT2D eigenvalue weighted by Gasteiger charge is 2.21. The lowest BCUT2D eigenvalue weighted by Gasteiger charge is -2.27. The van der Waals surface area contributed by atoms with E-state index in [1.165, 1.54) is 6.42 Å². The molecule has 1 aliphatic rings. The van der Waals surface area contributed by atoms with Gasteiger partial charge >= 0.3 is 0 Å². The second kappa shape index (κ2) is 3.67. The topological polar surface area (TPSA) is 48.1 Å². The summed E-state index contributed by atoms with van der Waals surface area (Å²) in [7, 11) is 0. The molecule has 1 aromatic heterocycles. The van der Waals surface area contributed by atoms with Gasteiger partial charge < -0.3 is 10.5 Å². The SMILES string of the molecule is Nc1cnc2ccccc2c1OC1CCC1. The van der Waals surface area contributed by atoms with Gasteiger partial charge in [0.2, 0.25) is 0 Å². The van der Waals surface area contributed by atoms with Gasteiger partial charge in [-0.2, -0.15) is 0 Å². The Labute approximate surface area is 94.2 Å². The third kappa shape index (κ3) is 1.48. The number of rotatable bonds is 2. The van der Waals surface area contributed by atoms with Crippen LogP contribution in [0.15, 0.2) is 30.5 Å². The zero-order valence-corrected chi connectivity index (χ0v) is 9.02. The standard InChI is InChI=1S/C13H14N2O/c14-11-8-15-12-7-2-1-6-10(12)13(11)16-9-4-3-5-9/h1-2,6-9H,3-5,14H2. The summed E-state index contributed by atoms with van der Waals surface area (Å²) >= 11 is 0. The van der Waals surface area contributed by atoms with Gasteiger partial charge in [0.25, 0.3) is 0 Å². The third-order valence-corrected chi connectivity index (χ3v) is 3.09. The highest BCUT2D eigenvalue weighted by atomic mass is 16.5. The first kappa shape index (κ1) is 9.46. The predicted molar refractivity (Wildman–Crippen MR) is 64.4 cm³/mol. The van der Waals surface area contributed by atoms with E-state index in [2.05, 4.69) is 4.98 Å². The molecule has 1 fully saturated rings. The van der Waals surface area contributed by atoms with E-state index in [1.807, 2.05) is 24.3 Å². The van der Waals surface area contributed by atoms with Crippen LogP contribution in [0, 0.1) is 0 Å². The van der Waals surface area contributed by atoms with Gasteiger partial charge in [0, 0.05) is 5.39 Å². The average molecular weight is 214 g/mol. The maximum atomic E-state index is 5.93. The fourth-order valence-electron chi connectivity index (χ4n) is 1.92. The highest BCUT2D eigenvalue weighted by Crippen LogP contribution is 2.34. The van der Waals surface area contributed by atoms with Crippen LogP contribution in [-0.4, -0.2) is 11.1 Å². The van der Waals surface area contributed by atoms with E-state index in [-0.39, 0.29) is 0 Å². The molecule has 0 saturated heterocycles. The molecular formula is C13H14N2O. The maximum Gasteiger partial charge on any atom is 0.153 e. The number of hydrogen-bond acceptors (Lipinski definition) is 3. The van der Waals surface area contributed by atoms with E-state index < -0.39 is 0 Å². The van der Waals surface area contributed by atoms with Crippen LogP contribution >= 0.6 is 0 Å². The van der Waals surface area contributed by atoms with Gasteiger partial charge in [0.05, 0.1) is 23.5 Å². The van der Waals surface area contributed by atoms with Crippen molar-refractivity contribution < 1.29 is 4.74 Å². The molecule has 0 radical (unpaired) electrons. The van der Waals surface area contributed by atoms with Crippen molar-refractivity contribution >= 4 is 16.6 Å². The van der Waals surface area contributed by atoms with Crippen molar-refractivity contribution in [3.05, 3.63) is 30.5 Å². The Hall–Kier alpha value is -1.77. The third-order valence-electron chi connectivity index (χ3n) is 3.09. The Morgan fingerprint density at radius 2 is 2.06 bits per heavy atom. The molecule has 0 bridgehead atoms. The van der Waals surface area contributed by atoms with Crippen LogP contribution in [0.4, 0.5) is 5.69 Å². The van der Waals surface area contributed by atoms with E-state index in [0.29, 0.717) is 11.8 Å². The Balaban J connectivity index is 2.08. The van der Waals surface area contributed by atoms with Gasteiger partial charge in [-0.25, -0.2) is 0 Å². The number of pyridine rings is 1. The van der Waals surface area contributed by atoms with E-state index >= 15 is 0 Å². The zero-order chi connectivity index (χ0) is 11.0. The Bertz CT molecular complexity index is 520. The molecule has 1 aliphatic carbocycles. The quantitative estimate of drug-likeness (QED) is 0.836. The molecule has 3 nitrogen and oxygen atoms in total. The Morgan fingerprint density at radius 1 is 1.25 bits per heavy atom. The normalized spacial score (nSPS) is 16.0. The summed E-state index contributed by atoms with van der Waals surface area (Å²) in [6, 6.07) is 7.94. The van der Waals surface area contributed by atoms with Gasteiger partial charge in [-0.3, -0.25) is 4.98 Å². The molecule has 16 heavy (non-hydrogen) atoms. The van der Waals surface area contributed by atoms with Crippen LogP contribution in [-0.2, 0) is 0 Å². The molecule has 1 aromatic carbocycles. The maximum absolute atomic E-state index is 5.93. The number of anilines is 1. The van der Waals surface area contributed by atoms with Crippen LogP contribution in [0.1, 0.15) is 19.3 Å². The number of aromatic nitrogens is 1. The minimum absolute atomic E-state index is 0.341. The van der Waals surface area contributed by atoms with Crippen LogP contribution in [0.5, 0.6) is 5.75 Å². The molecule has 2 N–H and O–H groups in total. The summed E-state index contributed by atoms with van der Waals surface area (Å²) in [4.78, 5) is 4.29. The molecule has 2 aromatic rings. The van der Waals surface area contributed by atoms with Crippen molar-refractivity contribution in [2.75, 3.05) is 5.73 Å². The zero-order valence-electron chi connectivity index (χ0n) is 9.02. The lowest BCUT2D eigenvalue weighted by atomic mass is 9.96. The van der Waals surface area contributed by atoms with Crippen molar-refractivity contribution in [1.29, 1.82) is 0 Å². The average Bonchev–Trinajstić information content (AvgIpc) is 2.25. The second-order valence-electron chi connectivity index (χ2n) is 4.23. The largest absolute Gasteiger partial charge is 0.487 e. The van der Waals surface area contributed by atoms with E-state index in [1.54, 1.807) is 6.20 Å². The van der Waals surface area contributed by atoms with Gasteiger partial charge in [0.15, 0.2) is 5.75 Å². The summed E-state index contributed by atoms with van der Waals surface area (Å²) in [5.41, 5.74) is 7.49. The van der Waals surface area contributed by atoms with Gasteiger partial charge in [-0.1, -0.05) is 12.1 Å². The van der Waals surface area contributed by atoms with Crippen LogP contribution in [0.2, 0.25) is 0 Å². The molecule has 82 valence electrons. The Kier molecular flexibility index (Phi) is 2.17. The summed E-state index contributed by atoms with van der Waals surface area (Å²) in [5, 5.41) is 1.01. The molecule has 1 heterocycles. The van der Waals surface area contributed by atoms with Gasteiger partial charge in [-0.15, -0.1) is 0 Å². The minimum Gasteiger partial charge on any atom is -0.487 e. The fourth-order valence-corrected chi connectivity index (χ4v) is 1.92. The molecule has 0 amide bonds. The lowest BCUT2D eigenvalue weighted by molar-refractivity contribution is 0.123. The van der Waals surface area contributed by atoms with Crippen LogP contribution in [0.3, 0.4) is 0 Å². The number of hydrogen-bond donors (Lipinski definition) is 1. The first-order valence-electron chi connectivity index (χ1n) is 5.64. The van der Waals surface area contributed by atoms with Gasteiger partial charge in [-0.05, 0) is 31.4 Å². The van der Waals surface area contributed by atoms with Crippen molar-refractivity contribution in [3.63, 3.8) is 0 Å². The highest BCUT2D eigenvalue weighted by molar-refractivity contribution is 5.89. The predicted octanol–water partition coefficient (Wildman–Crippen LogP) is 2.75. The van der Waals surface area contributed by atoms with Crippen LogP contribution < -0.4 is 10.5 Å². The monoisotopic (exact) mass is 214 g/mol. The van der Waals surface area contributed by atoms with Crippen LogP contribution in [0.25, 0.3) is 10.9 Å². The molecule has 3 heteroatoms. The summed E-state index contributed by atoms with van der Waals surface area (Å²) in [6.07, 6.45) is 5.55. The summed E-state index contributed by atoms with van der Waals surface area (Å²) < 4.78 is 5.93. The number of ether oxygens (including phenoxy) is 1. The molecule has 0 aliphatic heterocycles. The van der Waals surface area contributed by atoms with E-state index in [9.17, 15) is 0 Å². The van der Waals surface area contributed by atoms with E-state index in [0.717, 1.165) is 29.5 Å². The van der Waals surface area contributed by atoms with Crippen molar-refractivity contribution in [3.8, 4) is 5.75 Å². The summed E-state index contributed by atoms with van der Waals surface area (Å²) in [6.45, 7) is 0. The number of nitrogens with zero attached hydrogens (tertiary/aromatic N) is 1. The van der Waals surface area contributed by atoms with Crippen molar-refractivity contribution in [2.24, 2.45) is 0 Å². The van der Waals surface area contributed by atoms with Crippen molar-refractivity contribution in [1.82, 2.24) is 4.98 Å². The number of benzene rings is 1. The molecule has 0 spiro atoms. The summed E-state index contributed by atoms with van der Waals surface area (Å²) in [5.74, 6) is 0.801. The number of para-hydroxylation sites is 1. The molecule has 0 unspecified atom stereocenters. The molecular weight excluding hydrogens is 200 g/mol. The minimum atomic E-state index is 0.341. The first-order chi connectivity index (χ1) is 7.84. The Morgan fingerprint density at radius 3 is 2.81 bits per heavy atom. The number of fused-ring (bicyclic) bond motifs is 1. The fraction of sp³-hybridized carbons (Fsp3) is 0.308. The molecule has 0 atom stereocenters.